The molecule has 170 valence electrons. The van der Waals surface area contributed by atoms with Crippen LogP contribution in [0.4, 0.5) is 30.7 Å². The van der Waals surface area contributed by atoms with Gasteiger partial charge in [-0.1, -0.05) is 12.1 Å². The van der Waals surface area contributed by atoms with Crippen molar-refractivity contribution in [3.05, 3.63) is 77.1 Å². The van der Waals surface area contributed by atoms with Crippen molar-refractivity contribution >= 4 is 10.0 Å². The van der Waals surface area contributed by atoms with Crippen LogP contribution in [0.2, 0.25) is 0 Å². The lowest BCUT2D eigenvalue weighted by molar-refractivity contribution is -0.173. The smallest absolute Gasteiger partial charge is 0.280 e. The van der Waals surface area contributed by atoms with Crippen molar-refractivity contribution in [1.82, 2.24) is 19.5 Å². The van der Waals surface area contributed by atoms with E-state index in [2.05, 4.69) is 15.2 Å². The lowest BCUT2D eigenvalue weighted by Gasteiger charge is -2.31. The van der Waals surface area contributed by atoms with Crippen LogP contribution in [0.1, 0.15) is 34.6 Å². The molecule has 0 bridgehead atoms. The molecule has 32 heavy (non-hydrogen) atoms. The van der Waals surface area contributed by atoms with Crippen LogP contribution in [0.15, 0.2) is 53.7 Å². The van der Waals surface area contributed by atoms with Gasteiger partial charge in [0.2, 0.25) is 10.0 Å². The highest BCUT2D eigenvalue weighted by molar-refractivity contribution is 7.89. The minimum absolute atomic E-state index is 0.00393. The summed E-state index contributed by atoms with van der Waals surface area (Å²) in [7, 11) is -5.04. The monoisotopic (exact) mass is 480 g/mol. The number of pyridine rings is 1. The number of fused-ring (bicyclic) bond motifs is 1. The molecule has 0 amide bonds. The highest BCUT2D eigenvalue weighted by Crippen LogP contribution is 2.53. The van der Waals surface area contributed by atoms with Gasteiger partial charge in [0.1, 0.15) is 16.4 Å². The van der Waals surface area contributed by atoms with Crippen LogP contribution in [0.5, 0.6) is 0 Å². The molecule has 2 unspecified atom stereocenters. The Balaban J connectivity index is 1.89. The summed E-state index contributed by atoms with van der Waals surface area (Å²) in [5.41, 5.74) is -2.07. The number of aromatic amines is 1. The van der Waals surface area contributed by atoms with Gasteiger partial charge in [-0.2, -0.15) is 35.7 Å². The zero-order valence-corrected chi connectivity index (χ0v) is 16.3. The molecule has 1 aromatic carbocycles. The topological polar surface area (TPSA) is 79.0 Å². The molecule has 1 aliphatic rings. The largest absolute Gasteiger partial charge is 0.433 e. The SMILES string of the molecule is O=S(=O)(c1ccc(C(F)(F)F)nc1)N1C(c2ccc(F)cc2)c2cn[nH]c2C1C(F)(F)F. The number of H-pyrrole nitrogens is 1. The minimum atomic E-state index is -5.11. The van der Waals surface area contributed by atoms with Crippen LogP contribution in [-0.4, -0.2) is 34.1 Å². The number of rotatable bonds is 3. The highest BCUT2D eigenvalue weighted by atomic mass is 32.2. The molecular weight excluding hydrogens is 469 g/mol. The number of benzene rings is 1. The molecular formula is C18H11F7N4O2S. The standard InChI is InChI=1S/C18H11F7N4O2S/c19-10-3-1-9(2-4-10)15-12-8-27-28-14(12)16(18(23,24)25)29(15)32(30,31)11-5-6-13(26-7-11)17(20,21)22/h1-8,15-16H,(H,27,28). The van der Waals surface area contributed by atoms with E-state index in [0.717, 1.165) is 30.5 Å². The van der Waals surface area contributed by atoms with Gasteiger partial charge in [0.05, 0.1) is 17.9 Å². The first-order valence-corrected chi connectivity index (χ1v) is 10.2. The Labute approximate surface area is 175 Å². The van der Waals surface area contributed by atoms with Gasteiger partial charge in [-0.05, 0) is 29.8 Å². The summed E-state index contributed by atoms with van der Waals surface area (Å²) >= 11 is 0. The third-order valence-electron chi connectivity index (χ3n) is 4.87. The second-order valence-electron chi connectivity index (χ2n) is 6.85. The van der Waals surface area contributed by atoms with Gasteiger partial charge in [-0.3, -0.25) is 10.1 Å². The van der Waals surface area contributed by atoms with Crippen LogP contribution in [0, 0.1) is 5.82 Å². The second kappa shape index (κ2) is 7.27. The van der Waals surface area contributed by atoms with Gasteiger partial charge in [0.25, 0.3) is 0 Å². The predicted molar refractivity (Wildman–Crippen MR) is 93.9 cm³/mol. The van der Waals surface area contributed by atoms with Crippen LogP contribution in [0.3, 0.4) is 0 Å². The van der Waals surface area contributed by atoms with E-state index in [1.807, 2.05) is 0 Å². The van der Waals surface area contributed by atoms with Crippen molar-refractivity contribution in [1.29, 1.82) is 0 Å². The number of alkyl halides is 6. The number of nitrogens with zero attached hydrogens (tertiary/aromatic N) is 3. The lowest BCUT2D eigenvalue weighted by Crippen LogP contribution is -2.40. The van der Waals surface area contributed by atoms with E-state index < -0.39 is 56.6 Å². The van der Waals surface area contributed by atoms with Gasteiger partial charge in [0, 0.05) is 11.8 Å². The zero-order valence-electron chi connectivity index (χ0n) is 15.5. The van der Waals surface area contributed by atoms with Crippen molar-refractivity contribution in [2.45, 2.75) is 29.3 Å². The average molecular weight is 480 g/mol. The Bertz CT molecular complexity index is 1240. The number of hydrogen-bond acceptors (Lipinski definition) is 4. The highest BCUT2D eigenvalue weighted by Gasteiger charge is 2.59. The summed E-state index contributed by atoms with van der Waals surface area (Å²) in [4.78, 5) is 2.17. The van der Waals surface area contributed by atoms with Crippen LogP contribution < -0.4 is 0 Å². The molecule has 14 heteroatoms. The second-order valence-corrected chi connectivity index (χ2v) is 8.69. The van der Waals surface area contributed by atoms with Gasteiger partial charge in [-0.15, -0.1) is 0 Å². The van der Waals surface area contributed by atoms with E-state index in [1.165, 1.54) is 0 Å². The number of halogens is 7. The van der Waals surface area contributed by atoms with Crippen molar-refractivity contribution < 1.29 is 39.2 Å². The Morgan fingerprint density at radius 2 is 1.59 bits per heavy atom. The third kappa shape index (κ3) is 3.62. The van der Waals surface area contributed by atoms with E-state index in [4.69, 9.17) is 0 Å². The molecule has 0 radical (unpaired) electrons. The molecule has 2 atom stereocenters. The average Bonchev–Trinajstić information content (AvgIpc) is 3.28. The maximum Gasteiger partial charge on any atom is 0.433 e. The summed E-state index contributed by atoms with van der Waals surface area (Å²) in [5.74, 6) is -0.701. The molecule has 3 heterocycles. The summed E-state index contributed by atoms with van der Waals surface area (Å²) in [5, 5.41) is 5.72. The minimum Gasteiger partial charge on any atom is -0.280 e. The van der Waals surface area contributed by atoms with Crippen LogP contribution in [-0.2, 0) is 16.2 Å². The fraction of sp³-hybridized carbons (Fsp3) is 0.222. The Morgan fingerprint density at radius 1 is 0.938 bits per heavy atom. The maximum absolute atomic E-state index is 14.0. The summed E-state index contributed by atoms with van der Waals surface area (Å²) in [6.07, 6.45) is -8.62. The fourth-order valence-corrected chi connectivity index (χ4v) is 5.22. The number of aromatic nitrogens is 3. The molecule has 1 aliphatic heterocycles. The maximum atomic E-state index is 14.0. The first-order valence-electron chi connectivity index (χ1n) is 8.74. The molecule has 0 saturated carbocycles. The zero-order chi connectivity index (χ0) is 23.5. The summed E-state index contributed by atoms with van der Waals surface area (Å²) in [6, 6.07) is 0.739. The molecule has 2 aromatic heterocycles. The molecule has 0 saturated heterocycles. The van der Waals surface area contributed by atoms with E-state index >= 15 is 0 Å². The molecule has 6 nitrogen and oxygen atoms in total. The Kier molecular flexibility index (Phi) is 5.04. The molecule has 0 spiro atoms. The first kappa shape index (κ1) is 22.2. The molecule has 4 rings (SSSR count). The van der Waals surface area contributed by atoms with Crippen molar-refractivity contribution in [3.8, 4) is 0 Å². The van der Waals surface area contributed by atoms with E-state index in [9.17, 15) is 39.2 Å². The van der Waals surface area contributed by atoms with Gasteiger partial charge in [0.15, 0.2) is 6.04 Å². The summed E-state index contributed by atoms with van der Waals surface area (Å²) < 4.78 is 120. The van der Waals surface area contributed by atoms with Crippen molar-refractivity contribution in [2.75, 3.05) is 0 Å². The normalized spacial score (nSPS) is 19.8. The predicted octanol–water partition coefficient (Wildman–Crippen LogP) is 4.36. The summed E-state index contributed by atoms with van der Waals surface area (Å²) in [6.45, 7) is 0. The first-order chi connectivity index (χ1) is 14.8. The molecule has 0 aliphatic carbocycles. The van der Waals surface area contributed by atoms with Crippen molar-refractivity contribution in [2.24, 2.45) is 0 Å². The van der Waals surface area contributed by atoms with Crippen LogP contribution >= 0.6 is 0 Å². The molecule has 0 fully saturated rings. The Morgan fingerprint density at radius 3 is 2.12 bits per heavy atom. The number of nitrogens with one attached hydrogen (secondary N) is 1. The third-order valence-corrected chi connectivity index (χ3v) is 6.69. The van der Waals surface area contributed by atoms with Gasteiger partial charge < -0.3 is 0 Å². The number of hydrogen-bond donors (Lipinski definition) is 1. The molecule has 3 aromatic rings. The van der Waals surface area contributed by atoms with E-state index in [1.54, 1.807) is 0 Å². The lowest BCUT2D eigenvalue weighted by atomic mass is 10.0. The number of sulfonamides is 1. The van der Waals surface area contributed by atoms with E-state index in [0.29, 0.717) is 18.3 Å². The fourth-order valence-electron chi connectivity index (χ4n) is 3.54. The Hall–Kier alpha value is -3.00. The van der Waals surface area contributed by atoms with E-state index in [-0.39, 0.29) is 15.4 Å². The quantitative estimate of drug-likeness (QED) is 0.566. The molecule has 1 N–H and O–H groups in total. The van der Waals surface area contributed by atoms with Crippen molar-refractivity contribution in [3.63, 3.8) is 0 Å². The van der Waals surface area contributed by atoms with Gasteiger partial charge in [-0.25, -0.2) is 12.8 Å². The van der Waals surface area contributed by atoms with Crippen LogP contribution in [0.25, 0.3) is 0 Å². The van der Waals surface area contributed by atoms with Gasteiger partial charge >= 0.3 is 12.4 Å².